The second-order valence-electron chi connectivity index (χ2n) is 11.5. The van der Waals surface area contributed by atoms with Crippen LogP contribution in [-0.4, -0.2) is 104 Å². The maximum absolute atomic E-state index is 13.7. The SMILES string of the molecule is Cc1ncsc1-c1ccc(CNC(=O)C2CC(O)CN2C(=O)C(NCCOCCOCCOCCN)C(C)(C)C)cc1. The quantitative estimate of drug-likeness (QED) is 0.198. The molecule has 1 aliphatic rings. The molecule has 1 aromatic heterocycles. The van der Waals surface area contributed by atoms with Gasteiger partial charge in [0.25, 0.3) is 0 Å². The summed E-state index contributed by atoms with van der Waals surface area (Å²) in [7, 11) is 0. The first-order chi connectivity index (χ1) is 20.1. The van der Waals surface area contributed by atoms with Gasteiger partial charge < -0.3 is 40.6 Å². The summed E-state index contributed by atoms with van der Waals surface area (Å²) in [6.07, 6.45) is -0.547. The van der Waals surface area contributed by atoms with E-state index in [4.69, 9.17) is 19.9 Å². The van der Waals surface area contributed by atoms with Crippen LogP contribution in [0.4, 0.5) is 0 Å². The standard InChI is InChI=1S/C30H47N5O6S/c1-21-26(42-20-34-21)23-7-5-22(6-8-23)18-33-28(37)25-17-24(36)19-35(25)29(38)27(30(2,3)4)32-10-12-40-14-16-41-15-13-39-11-9-31/h5-8,20,24-25,27,32,36H,9-19,31H2,1-4H3,(H,33,37). The van der Waals surface area contributed by atoms with Crippen LogP contribution in [0, 0.1) is 12.3 Å². The Bertz CT molecular complexity index is 1110. The maximum Gasteiger partial charge on any atom is 0.243 e. The topological polar surface area (TPSA) is 148 Å². The number of hydrogen-bond donors (Lipinski definition) is 4. The number of β-amino-alcohol motifs (C(OH)–C–C–N with tert-alkyl or cyclic N) is 1. The smallest absolute Gasteiger partial charge is 0.243 e. The number of carbonyl (C=O) groups is 2. The molecule has 234 valence electrons. The molecule has 2 aromatic rings. The van der Waals surface area contributed by atoms with Crippen LogP contribution in [0.3, 0.4) is 0 Å². The molecule has 5 N–H and O–H groups in total. The predicted octanol–water partition coefficient (Wildman–Crippen LogP) is 1.71. The molecule has 1 fully saturated rings. The van der Waals surface area contributed by atoms with E-state index in [1.807, 2.05) is 57.5 Å². The number of aliphatic hydroxyl groups excluding tert-OH is 1. The fourth-order valence-electron chi connectivity index (χ4n) is 4.80. The van der Waals surface area contributed by atoms with Gasteiger partial charge in [-0.3, -0.25) is 9.59 Å². The van der Waals surface area contributed by atoms with Crippen LogP contribution >= 0.6 is 11.3 Å². The number of nitrogens with two attached hydrogens (primary N) is 1. The zero-order valence-electron chi connectivity index (χ0n) is 25.3. The van der Waals surface area contributed by atoms with Crippen molar-refractivity contribution in [3.8, 4) is 10.4 Å². The first-order valence-electron chi connectivity index (χ1n) is 14.5. The number of aryl methyl sites for hydroxylation is 1. The van der Waals surface area contributed by atoms with Gasteiger partial charge in [0.05, 0.1) is 67.9 Å². The Labute approximate surface area is 253 Å². The lowest BCUT2D eigenvalue weighted by molar-refractivity contribution is -0.142. The van der Waals surface area contributed by atoms with Gasteiger partial charge in [0.1, 0.15) is 6.04 Å². The lowest BCUT2D eigenvalue weighted by Gasteiger charge is -2.35. The minimum Gasteiger partial charge on any atom is -0.391 e. The van der Waals surface area contributed by atoms with E-state index in [0.29, 0.717) is 59.3 Å². The Morgan fingerprint density at radius 1 is 1.10 bits per heavy atom. The third-order valence-corrected chi connectivity index (χ3v) is 7.98. The van der Waals surface area contributed by atoms with E-state index in [9.17, 15) is 14.7 Å². The van der Waals surface area contributed by atoms with Gasteiger partial charge in [-0.2, -0.15) is 0 Å². The summed E-state index contributed by atoms with van der Waals surface area (Å²) in [6, 6.07) is 6.71. The van der Waals surface area contributed by atoms with Crippen molar-refractivity contribution < 1.29 is 28.9 Å². The number of carbonyl (C=O) groups excluding carboxylic acids is 2. The molecule has 11 nitrogen and oxygen atoms in total. The number of likely N-dealkylation sites (tertiary alicyclic amines) is 1. The third kappa shape index (κ3) is 10.4. The molecule has 0 saturated carbocycles. The minimum absolute atomic E-state index is 0.122. The highest BCUT2D eigenvalue weighted by Gasteiger charge is 2.43. The molecule has 12 heteroatoms. The molecule has 1 aliphatic heterocycles. The molecular formula is C30H47N5O6S. The molecule has 0 aliphatic carbocycles. The largest absolute Gasteiger partial charge is 0.391 e. The van der Waals surface area contributed by atoms with Gasteiger partial charge >= 0.3 is 0 Å². The number of nitrogens with one attached hydrogen (secondary N) is 2. The number of benzene rings is 1. The molecular weight excluding hydrogens is 558 g/mol. The van der Waals surface area contributed by atoms with Crippen molar-refractivity contribution >= 4 is 23.2 Å². The lowest BCUT2D eigenvalue weighted by Crippen LogP contribution is -2.57. The summed E-state index contributed by atoms with van der Waals surface area (Å²) < 4.78 is 16.3. The van der Waals surface area contributed by atoms with Crippen LogP contribution in [0.25, 0.3) is 10.4 Å². The minimum atomic E-state index is -0.753. The average Bonchev–Trinajstić information content (AvgIpc) is 3.57. The summed E-state index contributed by atoms with van der Waals surface area (Å²) in [5.41, 5.74) is 9.81. The Morgan fingerprint density at radius 3 is 2.33 bits per heavy atom. The molecule has 1 saturated heterocycles. The highest BCUT2D eigenvalue weighted by molar-refractivity contribution is 7.13. The summed E-state index contributed by atoms with van der Waals surface area (Å²) >= 11 is 1.60. The number of rotatable bonds is 17. The molecule has 0 radical (unpaired) electrons. The van der Waals surface area contributed by atoms with E-state index < -0.39 is 23.6 Å². The number of amides is 2. The first kappa shape index (κ1) is 34.0. The van der Waals surface area contributed by atoms with Gasteiger partial charge in [-0.25, -0.2) is 4.98 Å². The third-order valence-electron chi connectivity index (χ3n) is 7.01. The Morgan fingerprint density at radius 2 is 1.74 bits per heavy atom. The Hall–Kier alpha value is -2.45. The van der Waals surface area contributed by atoms with Crippen LogP contribution in [0.5, 0.6) is 0 Å². The van der Waals surface area contributed by atoms with Crippen molar-refractivity contribution in [1.29, 1.82) is 0 Å². The predicted molar refractivity (Wildman–Crippen MR) is 163 cm³/mol. The van der Waals surface area contributed by atoms with Crippen molar-refractivity contribution in [2.24, 2.45) is 11.1 Å². The van der Waals surface area contributed by atoms with Crippen LogP contribution in [-0.2, 0) is 30.3 Å². The van der Waals surface area contributed by atoms with Crippen LogP contribution < -0.4 is 16.4 Å². The lowest BCUT2D eigenvalue weighted by atomic mass is 9.85. The zero-order valence-corrected chi connectivity index (χ0v) is 26.1. The van der Waals surface area contributed by atoms with E-state index in [-0.39, 0.29) is 24.8 Å². The van der Waals surface area contributed by atoms with Gasteiger partial charge in [0, 0.05) is 32.6 Å². The van der Waals surface area contributed by atoms with Gasteiger partial charge in [-0.1, -0.05) is 45.0 Å². The first-order valence-corrected chi connectivity index (χ1v) is 15.4. The normalized spacial score (nSPS) is 17.9. The van der Waals surface area contributed by atoms with Gasteiger partial charge in [0.2, 0.25) is 11.8 Å². The monoisotopic (exact) mass is 605 g/mol. The van der Waals surface area contributed by atoms with Crippen LogP contribution in [0.2, 0.25) is 0 Å². The Kier molecular flexibility index (Phi) is 13.8. The number of aromatic nitrogens is 1. The van der Waals surface area contributed by atoms with Crippen molar-refractivity contribution in [2.45, 2.75) is 58.8 Å². The molecule has 0 bridgehead atoms. The van der Waals surface area contributed by atoms with E-state index in [2.05, 4.69) is 15.6 Å². The van der Waals surface area contributed by atoms with Crippen LogP contribution in [0.1, 0.15) is 38.4 Å². The summed E-state index contributed by atoms with van der Waals surface area (Å²) in [4.78, 5) is 33.9. The zero-order chi connectivity index (χ0) is 30.5. The van der Waals surface area contributed by atoms with Crippen molar-refractivity contribution in [1.82, 2.24) is 20.5 Å². The molecule has 3 rings (SSSR count). The fraction of sp³-hybridized carbons (Fsp3) is 0.633. The molecule has 2 heterocycles. The van der Waals surface area contributed by atoms with Gasteiger partial charge in [-0.05, 0) is 23.5 Å². The highest BCUT2D eigenvalue weighted by atomic mass is 32.1. The maximum atomic E-state index is 13.7. The van der Waals surface area contributed by atoms with Crippen molar-refractivity contribution in [3.63, 3.8) is 0 Å². The molecule has 3 unspecified atom stereocenters. The van der Waals surface area contributed by atoms with E-state index >= 15 is 0 Å². The van der Waals surface area contributed by atoms with Gasteiger partial charge in [0.15, 0.2) is 0 Å². The number of ether oxygens (including phenoxy) is 3. The number of aliphatic hydroxyl groups is 1. The fourth-order valence-corrected chi connectivity index (χ4v) is 5.61. The molecule has 42 heavy (non-hydrogen) atoms. The molecule has 2 amide bonds. The number of nitrogens with zero attached hydrogens (tertiary/aromatic N) is 2. The molecule has 3 atom stereocenters. The van der Waals surface area contributed by atoms with E-state index in [0.717, 1.165) is 21.7 Å². The number of hydrogen-bond acceptors (Lipinski definition) is 10. The molecule has 0 spiro atoms. The summed E-state index contributed by atoms with van der Waals surface area (Å²) in [5, 5.41) is 16.7. The summed E-state index contributed by atoms with van der Waals surface area (Å²) in [6.45, 7) is 12.1. The summed E-state index contributed by atoms with van der Waals surface area (Å²) in [5.74, 6) is -0.476. The van der Waals surface area contributed by atoms with E-state index in [1.165, 1.54) is 4.90 Å². The van der Waals surface area contributed by atoms with Crippen LogP contribution in [0.15, 0.2) is 29.8 Å². The van der Waals surface area contributed by atoms with Crippen molar-refractivity contribution in [3.05, 3.63) is 41.0 Å². The van der Waals surface area contributed by atoms with Gasteiger partial charge in [-0.15, -0.1) is 11.3 Å². The highest BCUT2D eigenvalue weighted by Crippen LogP contribution is 2.28. The second-order valence-corrected chi connectivity index (χ2v) is 12.3. The Balaban J connectivity index is 1.48. The van der Waals surface area contributed by atoms with Crippen molar-refractivity contribution in [2.75, 3.05) is 59.3 Å². The number of thiazole rings is 1. The second kappa shape index (κ2) is 17.0. The van der Waals surface area contributed by atoms with E-state index in [1.54, 1.807) is 11.3 Å². The molecule has 1 aromatic carbocycles. The average molecular weight is 606 g/mol.